The summed E-state index contributed by atoms with van der Waals surface area (Å²) in [5, 5.41) is 9.92. The maximum absolute atomic E-state index is 12.5. The van der Waals surface area contributed by atoms with E-state index in [2.05, 4.69) is 0 Å². The number of β-amino-alcohol motifs (C(OH)–C–C–N with tert-alkyl or cyclic N) is 1. The SMILES string of the molecule is CSc1ccc(C)c(C(=O)N2CCC(C)C(O)C2)c1. The summed E-state index contributed by atoms with van der Waals surface area (Å²) in [6.07, 6.45) is 2.47. The second kappa shape index (κ2) is 5.97. The van der Waals surface area contributed by atoms with E-state index in [-0.39, 0.29) is 11.8 Å². The molecule has 1 aromatic carbocycles. The van der Waals surface area contributed by atoms with E-state index in [1.54, 1.807) is 16.7 Å². The van der Waals surface area contributed by atoms with E-state index in [1.165, 1.54) is 0 Å². The predicted octanol–water partition coefficient (Wildman–Crippen LogP) is 2.56. The summed E-state index contributed by atoms with van der Waals surface area (Å²) in [6.45, 7) is 5.18. The van der Waals surface area contributed by atoms with Gasteiger partial charge in [-0.2, -0.15) is 0 Å². The Morgan fingerprint density at radius 1 is 1.47 bits per heavy atom. The van der Waals surface area contributed by atoms with Crippen molar-refractivity contribution in [2.75, 3.05) is 19.3 Å². The minimum absolute atomic E-state index is 0.0411. The van der Waals surface area contributed by atoms with Gasteiger partial charge in [0.25, 0.3) is 5.91 Å². The molecule has 1 fully saturated rings. The summed E-state index contributed by atoms with van der Waals surface area (Å²) in [4.78, 5) is 15.4. The fourth-order valence-corrected chi connectivity index (χ4v) is 2.80. The second-order valence-corrected chi connectivity index (χ2v) is 6.14. The summed E-state index contributed by atoms with van der Waals surface area (Å²) in [7, 11) is 0. The fraction of sp³-hybridized carbons (Fsp3) is 0.533. The average Bonchev–Trinajstić information content (AvgIpc) is 2.41. The third-order valence-electron chi connectivity index (χ3n) is 3.88. The zero-order valence-corrected chi connectivity index (χ0v) is 12.5. The van der Waals surface area contributed by atoms with Gasteiger partial charge in [0, 0.05) is 23.5 Å². The lowest BCUT2D eigenvalue weighted by Crippen LogP contribution is -2.46. The first kappa shape index (κ1) is 14.4. The Labute approximate surface area is 119 Å². The minimum Gasteiger partial charge on any atom is -0.391 e. The number of nitrogens with zero attached hydrogens (tertiary/aromatic N) is 1. The van der Waals surface area contributed by atoms with Crippen LogP contribution in [0.5, 0.6) is 0 Å². The third-order valence-corrected chi connectivity index (χ3v) is 4.61. The molecule has 0 spiro atoms. The summed E-state index contributed by atoms with van der Waals surface area (Å²) < 4.78 is 0. The number of thioether (sulfide) groups is 1. The first-order valence-electron chi connectivity index (χ1n) is 6.65. The molecule has 1 aromatic rings. The minimum atomic E-state index is -0.401. The Bertz CT molecular complexity index is 475. The van der Waals surface area contributed by atoms with E-state index in [9.17, 15) is 9.90 Å². The lowest BCUT2D eigenvalue weighted by atomic mass is 9.95. The molecule has 1 heterocycles. The predicted molar refractivity (Wildman–Crippen MR) is 78.7 cm³/mol. The van der Waals surface area contributed by atoms with Gasteiger partial charge in [-0.3, -0.25) is 4.79 Å². The van der Waals surface area contributed by atoms with E-state index in [1.807, 2.05) is 38.3 Å². The monoisotopic (exact) mass is 279 g/mol. The van der Waals surface area contributed by atoms with Gasteiger partial charge in [0.05, 0.1) is 6.10 Å². The number of aryl methyl sites for hydroxylation is 1. The highest BCUT2D eigenvalue weighted by Crippen LogP contribution is 2.23. The van der Waals surface area contributed by atoms with Gasteiger partial charge in [0.1, 0.15) is 0 Å². The lowest BCUT2D eigenvalue weighted by molar-refractivity contribution is 0.0248. The van der Waals surface area contributed by atoms with Crippen LogP contribution in [-0.2, 0) is 0 Å². The van der Waals surface area contributed by atoms with Gasteiger partial charge in [0.15, 0.2) is 0 Å². The van der Waals surface area contributed by atoms with Crippen molar-refractivity contribution in [3.05, 3.63) is 29.3 Å². The number of aliphatic hydroxyl groups excluding tert-OH is 1. The molecule has 1 aliphatic rings. The summed E-state index contributed by atoms with van der Waals surface area (Å²) in [5.74, 6) is 0.321. The van der Waals surface area contributed by atoms with Crippen LogP contribution in [0.25, 0.3) is 0 Å². The molecule has 0 bridgehead atoms. The number of carbonyl (C=O) groups is 1. The fourth-order valence-electron chi connectivity index (χ4n) is 2.36. The first-order valence-corrected chi connectivity index (χ1v) is 7.87. The molecule has 2 atom stereocenters. The Morgan fingerprint density at radius 3 is 2.84 bits per heavy atom. The van der Waals surface area contributed by atoms with Gasteiger partial charge in [-0.05, 0) is 43.2 Å². The molecule has 4 heteroatoms. The highest BCUT2D eigenvalue weighted by Gasteiger charge is 2.28. The lowest BCUT2D eigenvalue weighted by Gasteiger charge is -2.34. The molecule has 2 rings (SSSR count). The molecule has 19 heavy (non-hydrogen) atoms. The molecule has 0 radical (unpaired) electrons. The summed E-state index contributed by atoms with van der Waals surface area (Å²) in [5.41, 5.74) is 1.75. The number of amides is 1. The molecule has 0 aliphatic carbocycles. The Kier molecular flexibility index (Phi) is 4.53. The van der Waals surface area contributed by atoms with Gasteiger partial charge in [-0.1, -0.05) is 13.0 Å². The van der Waals surface area contributed by atoms with Gasteiger partial charge in [-0.25, -0.2) is 0 Å². The molecule has 1 N–H and O–H groups in total. The van der Waals surface area contributed by atoms with Crippen molar-refractivity contribution >= 4 is 17.7 Å². The number of carbonyl (C=O) groups excluding carboxylic acids is 1. The Balaban J connectivity index is 2.20. The topological polar surface area (TPSA) is 40.5 Å². The van der Waals surface area contributed by atoms with E-state index >= 15 is 0 Å². The maximum atomic E-state index is 12.5. The standard InChI is InChI=1S/C15H21NO2S/c1-10-4-5-12(19-3)8-13(10)15(18)16-7-6-11(2)14(17)9-16/h4-5,8,11,14,17H,6-7,9H2,1-3H3. The number of benzene rings is 1. The van der Waals surface area contributed by atoms with Crippen LogP contribution in [0.1, 0.15) is 29.3 Å². The summed E-state index contributed by atoms with van der Waals surface area (Å²) in [6, 6.07) is 5.97. The smallest absolute Gasteiger partial charge is 0.254 e. The van der Waals surface area contributed by atoms with E-state index in [4.69, 9.17) is 0 Å². The van der Waals surface area contributed by atoms with Crippen LogP contribution < -0.4 is 0 Å². The first-order chi connectivity index (χ1) is 9.02. The van der Waals surface area contributed by atoms with Crippen molar-refractivity contribution in [1.82, 2.24) is 4.90 Å². The highest BCUT2D eigenvalue weighted by molar-refractivity contribution is 7.98. The molecule has 1 aliphatic heterocycles. The third kappa shape index (κ3) is 3.12. The van der Waals surface area contributed by atoms with E-state index in [0.29, 0.717) is 6.54 Å². The van der Waals surface area contributed by atoms with Crippen molar-refractivity contribution < 1.29 is 9.90 Å². The number of likely N-dealkylation sites (tertiary alicyclic amines) is 1. The second-order valence-electron chi connectivity index (χ2n) is 5.27. The van der Waals surface area contributed by atoms with Crippen LogP contribution in [0.2, 0.25) is 0 Å². The van der Waals surface area contributed by atoms with Crippen LogP contribution in [0.15, 0.2) is 23.1 Å². The van der Waals surface area contributed by atoms with E-state index < -0.39 is 6.10 Å². The molecule has 3 nitrogen and oxygen atoms in total. The maximum Gasteiger partial charge on any atom is 0.254 e. The molecule has 1 saturated heterocycles. The van der Waals surface area contributed by atoms with E-state index in [0.717, 1.165) is 29.0 Å². The molecular weight excluding hydrogens is 258 g/mol. The van der Waals surface area contributed by atoms with Crippen molar-refractivity contribution in [1.29, 1.82) is 0 Å². The van der Waals surface area contributed by atoms with Crippen LogP contribution in [0.4, 0.5) is 0 Å². The molecular formula is C15H21NO2S. The normalized spacial score (nSPS) is 23.5. The number of hydrogen-bond donors (Lipinski definition) is 1. The molecule has 1 amide bonds. The van der Waals surface area contributed by atoms with Crippen LogP contribution in [-0.4, -0.2) is 41.4 Å². The average molecular weight is 279 g/mol. The molecule has 0 aromatic heterocycles. The Morgan fingerprint density at radius 2 is 2.21 bits per heavy atom. The number of hydrogen-bond acceptors (Lipinski definition) is 3. The summed E-state index contributed by atoms with van der Waals surface area (Å²) >= 11 is 1.64. The van der Waals surface area contributed by atoms with Gasteiger partial charge in [0.2, 0.25) is 0 Å². The van der Waals surface area contributed by atoms with Crippen LogP contribution in [0.3, 0.4) is 0 Å². The van der Waals surface area contributed by atoms with Crippen LogP contribution >= 0.6 is 11.8 Å². The zero-order chi connectivity index (χ0) is 14.0. The van der Waals surface area contributed by atoms with Crippen molar-refractivity contribution in [2.45, 2.75) is 31.3 Å². The van der Waals surface area contributed by atoms with Crippen molar-refractivity contribution in [3.63, 3.8) is 0 Å². The highest BCUT2D eigenvalue weighted by atomic mass is 32.2. The van der Waals surface area contributed by atoms with Crippen molar-refractivity contribution in [2.24, 2.45) is 5.92 Å². The number of rotatable bonds is 2. The van der Waals surface area contributed by atoms with Crippen LogP contribution in [0, 0.1) is 12.8 Å². The van der Waals surface area contributed by atoms with Gasteiger partial charge < -0.3 is 10.0 Å². The Hall–Kier alpha value is -1.00. The number of piperidine rings is 1. The van der Waals surface area contributed by atoms with Gasteiger partial charge >= 0.3 is 0 Å². The molecule has 2 unspecified atom stereocenters. The van der Waals surface area contributed by atoms with Gasteiger partial charge in [-0.15, -0.1) is 11.8 Å². The quantitative estimate of drug-likeness (QED) is 0.846. The largest absolute Gasteiger partial charge is 0.391 e. The van der Waals surface area contributed by atoms with Crippen molar-refractivity contribution in [3.8, 4) is 0 Å². The molecule has 0 saturated carbocycles. The number of aliphatic hydroxyl groups is 1. The zero-order valence-electron chi connectivity index (χ0n) is 11.7. The molecule has 104 valence electrons.